The lowest BCUT2D eigenvalue weighted by molar-refractivity contribution is -0.546. The van der Waals surface area contributed by atoms with Crippen LogP contribution in [-0.4, -0.2) is 17.6 Å². The summed E-state index contributed by atoms with van der Waals surface area (Å²) in [6, 6.07) is 12.8. The van der Waals surface area contributed by atoms with Crippen molar-refractivity contribution in [3.63, 3.8) is 0 Å². The van der Waals surface area contributed by atoms with E-state index in [-0.39, 0.29) is 10.8 Å². The van der Waals surface area contributed by atoms with Crippen molar-refractivity contribution >= 4 is 11.3 Å². The Hall–Kier alpha value is -1.72. The Morgan fingerprint density at radius 3 is 2.65 bits per heavy atom. The summed E-state index contributed by atoms with van der Waals surface area (Å²) in [6.07, 6.45) is 0.251. The fourth-order valence-electron chi connectivity index (χ4n) is 2.83. The molecular formula is C15H15NO3S. The molecule has 3 rings (SSSR count). The van der Waals surface area contributed by atoms with E-state index in [1.54, 1.807) is 0 Å². The van der Waals surface area contributed by atoms with Gasteiger partial charge in [0.2, 0.25) is 0 Å². The maximum absolute atomic E-state index is 11.6. The lowest BCUT2D eigenvalue weighted by Gasteiger charge is -2.32. The number of benzene rings is 1. The van der Waals surface area contributed by atoms with Gasteiger partial charge in [-0.05, 0) is 23.4 Å². The quantitative estimate of drug-likeness (QED) is 0.640. The lowest BCUT2D eigenvalue weighted by Crippen LogP contribution is -2.39. The van der Waals surface area contributed by atoms with Crippen LogP contribution in [0.25, 0.3) is 0 Å². The molecule has 0 unspecified atom stereocenters. The summed E-state index contributed by atoms with van der Waals surface area (Å²) in [5.41, 5.74) is 1.03. The Morgan fingerprint density at radius 2 is 2.00 bits per heavy atom. The van der Waals surface area contributed by atoms with Crippen molar-refractivity contribution in [2.45, 2.75) is 24.5 Å². The molecule has 20 heavy (non-hydrogen) atoms. The average Bonchev–Trinajstić information content (AvgIpc) is 3.01. The average molecular weight is 289 g/mol. The highest BCUT2D eigenvalue weighted by atomic mass is 32.1. The van der Waals surface area contributed by atoms with Crippen LogP contribution in [0.5, 0.6) is 0 Å². The number of nitrogens with zero attached hydrogens (tertiary/aromatic N) is 1. The standard InChI is InChI=1S/C15H15NO3S/c17-16(18)14-12(11-5-2-1-3-6-11)8-9-19-15(14)13-7-4-10-20-13/h1-7,10,12,14-15H,8-9H2/t12-,14+,15-/m1/s1. The second-order valence-corrected chi connectivity index (χ2v) is 5.87. The van der Waals surface area contributed by atoms with Crippen molar-refractivity contribution in [2.75, 3.05) is 6.61 Å². The van der Waals surface area contributed by atoms with Gasteiger partial charge < -0.3 is 4.74 Å². The summed E-state index contributed by atoms with van der Waals surface area (Å²) in [5.74, 6) is -0.0907. The molecule has 2 aromatic rings. The van der Waals surface area contributed by atoms with Crippen molar-refractivity contribution in [3.05, 3.63) is 68.4 Å². The molecule has 0 aliphatic carbocycles. The Balaban J connectivity index is 1.96. The first kappa shape index (κ1) is 13.3. The first-order valence-corrected chi connectivity index (χ1v) is 7.49. The van der Waals surface area contributed by atoms with Gasteiger partial charge in [-0.1, -0.05) is 36.4 Å². The summed E-state index contributed by atoms with van der Waals surface area (Å²) in [4.78, 5) is 12.3. The van der Waals surface area contributed by atoms with E-state index in [1.165, 1.54) is 11.3 Å². The number of ether oxygens (including phenoxy) is 1. The minimum Gasteiger partial charge on any atom is -0.365 e. The highest BCUT2D eigenvalue weighted by Gasteiger charge is 2.45. The number of nitro groups is 1. The second kappa shape index (κ2) is 5.73. The van der Waals surface area contributed by atoms with E-state index in [1.807, 2.05) is 47.8 Å². The molecule has 1 aromatic heterocycles. The van der Waals surface area contributed by atoms with E-state index < -0.39 is 12.1 Å². The molecule has 1 saturated heterocycles. The molecule has 1 aliphatic heterocycles. The lowest BCUT2D eigenvalue weighted by atomic mass is 9.84. The molecule has 1 fully saturated rings. The summed E-state index contributed by atoms with van der Waals surface area (Å²) >= 11 is 1.52. The third-order valence-corrected chi connectivity index (χ3v) is 4.68. The zero-order valence-corrected chi connectivity index (χ0v) is 11.7. The van der Waals surface area contributed by atoms with Crippen molar-refractivity contribution in [1.29, 1.82) is 0 Å². The molecule has 0 radical (unpaired) electrons. The Bertz CT molecular complexity index is 570. The van der Waals surface area contributed by atoms with Gasteiger partial charge in [0.25, 0.3) is 6.04 Å². The largest absolute Gasteiger partial charge is 0.365 e. The second-order valence-electron chi connectivity index (χ2n) is 4.89. The Morgan fingerprint density at radius 1 is 1.20 bits per heavy atom. The van der Waals surface area contributed by atoms with Gasteiger partial charge >= 0.3 is 0 Å². The van der Waals surface area contributed by atoms with Crippen LogP contribution >= 0.6 is 11.3 Å². The van der Waals surface area contributed by atoms with Gasteiger partial charge in [0.15, 0.2) is 6.10 Å². The van der Waals surface area contributed by atoms with Gasteiger partial charge in [0, 0.05) is 16.4 Å². The van der Waals surface area contributed by atoms with Crippen molar-refractivity contribution in [2.24, 2.45) is 0 Å². The van der Waals surface area contributed by atoms with Crippen LogP contribution in [0.3, 0.4) is 0 Å². The number of rotatable bonds is 3. The fourth-order valence-corrected chi connectivity index (χ4v) is 3.64. The molecule has 2 heterocycles. The maximum atomic E-state index is 11.6. The molecule has 104 valence electrons. The first-order valence-electron chi connectivity index (χ1n) is 6.61. The Labute approximate surface area is 121 Å². The van der Waals surface area contributed by atoms with E-state index >= 15 is 0 Å². The van der Waals surface area contributed by atoms with E-state index in [4.69, 9.17) is 4.74 Å². The number of hydrogen-bond acceptors (Lipinski definition) is 4. The predicted octanol–water partition coefficient (Wildman–Crippen LogP) is 3.64. The van der Waals surface area contributed by atoms with E-state index in [0.29, 0.717) is 13.0 Å². The monoisotopic (exact) mass is 289 g/mol. The molecular weight excluding hydrogens is 274 g/mol. The summed E-state index contributed by atoms with van der Waals surface area (Å²) in [5, 5.41) is 13.5. The fraction of sp³-hybridized carbons (Fsp3) is 0.333. The first-order chi connectivity index (χ1) is 9.77. The molecule has 0 spiro atoms. The number of hydrogen-bond donors (Lipinski definition) is 0. The third-order valence-electron chi connectivity index (χ3n) is 3.74. The SMILES string of the molecule is O=[N+]([O-])[C@H]1[C@@H](c2ccccc2)CCO[C@@H]1c1cccs1. The highest BCUT2D eigenvalue weighted by Crippen LogP contribution is 2.40. The zero-order valence-electron chi connectivity index (χ0n) is 10.8. The minimum absolute atomic E-state index is 0.0907. The van der Waals surface area contributed by atoms with Crippen LogP contribution in [0.15, 0.2) is 47.8 Å². The van der Waals surface area contributed by atoms with Gasteiger partial charge in [0.05, 0.1) is 5.92 Å². The van der Waals surface area contributed by atoms with E-state index in [0.717, 1.165) is 10.4 Å². The van der Waals surface area contributed by atoms with Crippen LogP contribution in [0.4, 0.5) is 0 Å². The van der Waals surface area contributed by atoms with Crippen LogP contribution in [0.2, 0.25) is 0 Å². The molecule has 0 N–H and O–H groups in total. The van der Waals surface area contributed by atoms with E-state index in [9.17, 15) is 10.1 Å². The molecule has 3 atom stereocenters. The topological polar surface area (TPSA) is 52.4 Å². The normalized spacial score (nSPS) is 26.3. The molecule has 1 aromatic carbocycles. The van der Waals surface area contributed by atoms with Crippen molar-refractivity contribution in [1.82, 2.24) is 0 Å². The van der Waals surface area contributed by atoms with Crippen LogP contribution in [0.1, 0.15) is 28.9 Å². The predicted molar refractivity (Wildman–Crippen MR) is 77.6 cm³/mol. The van der Waals surface area contributed by atoms with Crippen molar-refractivity contribution < 1.29 is 9.66 Å². The van der Waals surface area contributed by atoms with Gasteiger partial charge in [0.1, 0.15) is 0 Å². The minimum atomic E-state index is -0.718. The maximum Gasteiger partial charge on any atom is 0.250 e. The highest BCUT2D eigenvalue weighted by molar-refractivity contribution is 7.10. The van der Waals surface area contributed by atoms with Gasteiger partial charge in [-0.2, -0.15) is 0 Å². The van der Waals surface area contributed by atoms with Gasteiger partial charge in [-0.3, -0.25) is 10.1 Å². The van der Waals surface area contributed by atoms with Crippen LogP contribution in [-0.2, 0) is 4.74 Å². The van der Waals surface area contributed by atoms with Gasteiger partial charge in [-0.25, -0.2) is 0 Å². The Kier molecular flexibility index (Phi) is 3.80. The van der Waals surface area contributed by atoms with E-state index in [2.05, 4.69) is 0 Å². The summed E-state index contributed by atoms with van der Waals surface area (Å²) in [7, 11) is 0. The molecule has 0 bridgehead atoms. The van der Waals surface area contributed by atoms with Crippen LogP contribution in [0, 0.1) is 10.1 Å². The number of thiophene rings is 1. The third kappa shape index (κ3) is 2.46. The summed E-state index contributed by atoms with van der Waals surface area (Å²) in [6.45, 7) is 0.562. The van der Waals surface area contributed by atoms with Crippen LogP contribution < -0.4 is 0 Å². The van der Waals surface area contributed by atoms with Crippen molar-refractivity contribution in [3.8, 4) is 0 Å². The molecule has 5 heteroatoms. The smallest absolute Gasteiger partial charge is 0.250 e. The van der Waals surface area contributed by atoms with Gasteiger partial charge in [-0.15, -0.1) is 11.3 Å². The zero-order chi connectivity index (χ0) is 13.9. The summed E-state index contributed by atoms with van der Waals surface area (Å²) < 4.78 is 5.72. The molecule has 4 nitrogen and oxygen atoms in total. The molecule has 1 aliphatic rings. The molecule has 0 amide bonds. The molecule has 0 saturated carbocycles.